The molecule has 2 aromatic rings. The molecule has 3 rings (SSSR count). The number of piperidine rings is 1. The predicted molar refractivity (Wildman–Crippen MR) is 102 cm³/mol. The molecule has 0 unspecified atom stereocenters. The molecule has 1 amide bonds. The van der Waals surface area contributed by atoms with E-state index < -0.39 is 6.10 Å². The summed E-state index contributed by atoms with van der Waals surface area (Å²) in [6.45, 7) is 1.53. The number of aliphatic hydroxyl groups is 1. The Balaban J connectivity index is 0.000000878. The van der Waals surface area contributed by atoms with Crippen LogP contribution >= 0.6 is 0 Å². The highest BCUT2D eigenvalue weighted by Crippen LogP contribution is 2.18. The molecule has 9 nitrogen and oxygen atoms in total. The number of benzene rings is 1. The van der Waals surface area contributed by atoms with Gasteiger partial charge in [0.2, 0.25) is 5.91 Å². The number of hydrogen-bond donors (Lipinski definition) is 3. The van der Waals surface area contributed by atoms with Crippen LogP contribution in [0.1, 0.15) is 12.0 Å². The fourth-order valence-corrected chi connectivity index (χ4v) is 3.03. The summed E-state index contributed by atoms with van der Waals surface area (Å²) in [7, 11) is 3.59. The van der Waals surface area contributed by atoms with Crippen molar-refractivity contribution in [1.82, 2.24) is 20.0 Å². The number of rotatable bonds is 5. The molecule has 28 heavy (non-hydrogen) atoms. The monoisotopic (exact) mass is 390 g/mol. The Morgan fingerprint density at radius 3 is 2.93 bits per heavy atom. The Bertz CT molecular complexity index is 779. The number of carboxylic acid groups (broad SMARTS) is 1. The maximum atomic E-state index is 12.3. The molecule has 0 radical (unpaired) electrons. The molecule has 0 aliphatic carbocycles. The zero-order valence-corrected chi connectivity index (χ0v) is 16.0. The van der Waals surface area contributed by atoms with E-state index in [0.29, 0.717) is 19.5 Å². The van der Waals surface area contributed by atoms with E-state index in [1.54, 1.807) is 18.0 Å². The Morgan fingerprint density at radius 1 is 1.46 bits per heavy atom. The molecule has 1 aliphatic heterocycles. The molecule has 1 aromatic carbocycles. The highest BCUT2D eigenvalue weighted by Gasteiger charge is 2.31. The third-order valence-corrected chi connectivity index (χ3v) is 4.54. The Kier molecular flexibility index (Phi) is 7.97. The number of ether oxygens (including phenoxy) is 1. The third kappa shape index (κ3) is 5.80. The molecule has 1 fully saturated rings. The van der Waals surface area contributed by atoms with E-state index in [9.17, 15) is 9.90 Å². The second kappa shape index (κ2) is 10.4. The van der Waals surface area contributed by atoms with Crippen LogP contribution in [0, 0.1) is 5.92 Å². The summed E-state index contributed by atoms with van der Waals surface area (Å²) in [6.07, 6.45) is 3.65. The number of hydrogen-bond acceptors (Lipinski definition) is 6. The van der Waals surface area contributed by atoms with Crippen molar-refractivity contribution in [2.75, 3.05) is 27.2 Å². The summed E-state index contributed by atoms with van der Waals surface area (Å²) in [5.74, 6) is 0.263. The number of carbonyl (C=O) groups excluding carboxylic acids is 1. The van der Waals surface area contributed by atoms with Crippen LogP contribution < -0.4 is 10.1 Å². The average Bonchev–Trinajstić information content (AvgIpc) is 3.18. The van der Waals surface area contributed by atoms with E-state index in [0.717, 1.165) is 23.5 Å². The molecule has 152 valence electrons. The van der Waals surface area contributed by atoms with Gasteiger partial charge in [-0.3, -0.25) is 9.59 Å². The van der Waals surface area contributed by atoms with Gasteiger partial charge in [-0.2, -0.15) is 5.10 Å². The molecule has 1 aromatic heterocycles. The number of nitrogens with zero attached hydrogens (tertiary/aromatic N) is 3. The van der Waals surface area contributed by atoms with E-state index in [-0.39, 0.29) is 18.3 Å². The lowest BCUT2D eigenvalue weighted by atomic mass is 9.94. The highest BCUT2D eigenvalue weighted by atomic mass is 16.5. The van der Waals surface area contributed by atoms with Gasteiger partial charge in [0.1, 0.15) is 5.75 Å². The SMILES string of the molecule is COc1cccc(-n2cc(CNC(=O)[C@@H]3CN(C)CC[C@H]3O)cn2)c1.O=CO. The topological polar surface area (TPSA) is 117 Å². The molecule has 0 saturated carbocycles. The van der Waals surface area contributed by atoms with Crippen molar-refractivity contribution in [3.63, 3.8) is 0 Å². The molecular weight excluding hydrogens is 364 g/mol. The maximum Gasteiger partial charge on any atom is 0.290 e. The van der Waals surface area contributed by atoms with Crippen molar-refractivity contribution >= 4 is 12.4 Å². The standard InChI is InChI=1S/C18H24N4O3.CH2O2/c1-21-7-6-17(23)16(12-21)18(24)19-9-13-10-20-22(11-13)14-4-3-5-15(8-14)25-2;2-1-3/h3-5,8,10-11,16-17,23H,6-7,9,12H2,1-2H3,(H,19,24);1H,(H,2,3)/t16-,17-;/m1./s1. The summed E-state index contributed by atoms with van der Waals surface area (Å²) < 4.78 is 6.97. The fraction of sp³-hybridized carbons (Fsp3) is 0.421. The molecule has 2 heterocycles. The third-order valence-electron chi connectivity index (χ3n) is 4.54. The average molecular weight is 390 g/mol. The maximum absolute atomic E-state index is 12.3. The molecule has 9 heteroatoms. The van der Waals surface area contributed by atoms with E-state index in [4.69, 9.17) is 14.6 Å². The number of aliphatic hydroxyl groups excluding tert-OH is 1. The minimum absolute atomic E-state index is 0.117. The van der Waals surface area contributed by atoms with Crippen LogP contribution in [0.15, 0.2) is 36.7 Å². The summed E-state index contributed by atoms with van der Waals surface area (Å²) in [4.78, 5) is 22.8. The summed E-state index contributed by atoms with van der Waals surface area (Å²) in [5.41, 5.74) is 1.79. The lowest BCUT2D eigenvalue weighted by Gasteiger charge is -2.32. The number of aromatic nitrogens is 2. The van der Waals surface area contributed by atoms with Gasteiger partial charge in [-0.15, -0.1) is 0 Å². The number of likely N-dealkylation sites (tertiary alicyclic amines) is 1. The Labute approximate surface area is 163 Å². The number of carbonyl (C=O) groups is 2. The second-order valence-corrected chi connectivity index (χ2v) is 6.54. The van der Waals surface area contributed by atoms with E-state index >= 15 is 0 Å². The lowest BCUT2D eigenvalue weighted by Crippen LogP contribution is -2.48. The van der Waals surface area contributed by atoms with Crippen molar-refractivity contribution in [2.24, 2.45) is 5.92 Å². The van der Waals surface area contributed by atoms with E-state index in [1.165, 1.54) is 0 Å². The fourth-order valence-electron chi connectivity index (χ4n) is 3.03. The zero-order valence-electron chi connectivity index (χ0n) is 16.0. The molecule has 2 atom stereocenters. The smallest absolute Gasteiger partial charge is 0.290 e. The largest absolute Gasteiger partial charge is 0.497 e. The predicted octanol–water partition coefficient (Wildman–Crippen LogP) is 0.511. The van der Waals surface area contributed by atoms with E-state index in [2.05, 4.69) is 15.3 Å². The van der Waals surface area contributed by atoms with Crippen molar-refractivity contribution in [1.29, 1.82) is 0 Å². The van der Waals surface area contributed by atoms with Crippen LogP contribution in [0.5, 0.6) is 5.75 Å². The Hall–Kier alpha value is -2.91. The molecule has 0 spiro atoms. The van der Waals surface area contributed by atoms with Gasteiger partial charge in [-0.25, -0.2) is 4.68 Å². The van der Waals surface area contributed by atoms with Crippen LogP contribution in [0.2, 0.25) is 0 Å². The molecular formula is C19H26N4O5. The molecule has 1 aliphatic rings. The normalized spacial score (nSPS) is 19.2. The summed E-state index contributed by atoms with van der Waals surface area (Å²) in [5, 5.41) is 24.2. The molecule has 0 bridgehead atoms. The van der Waals surface area contributed by atoms with Crippen molar-refractivity contribution in [3.8, 4) is 11.4 Å². The first-order chi connectivity index (χ1) is 13.5. The second-order valence-electron chi connectivity index (χ2n) is 6.54. The zero-order chi connectivity index (χ0) is 20.5. The molecule has 1 saturated heterocycles. The van der Waals surface area contributed by atoms with Crippen LogP contribution in [-0.2, 0) is 16.1 Å². The summed E-state index contributed by atoms with van der Waals surface area (Å²) in [6, 6.07) is 7.61. The van der Waals surface area contributed by atoms with Gasteiger partial charge in [0.05, 0.1) is 31.0 Å². The van der Waals surface area contributed by atoms with Crippen molar-refractivity contribution in [3.05, 3.63) is 42.2 Å². The van der Waals surface area contributed by atoms with Gasteiger partial charge < -0.3 is 25.2 Å². The number of nitrogens with one attached hydrogen (secondary N) is 1. The van der Waals surface area contributed by atoms with Gasteiger partial charge >= 0.3 is 0 Å². The number of methoxy groups -OCH3 is 1. The number of amides is 1. The first-order valence-corrected chi connectivity index (χ1v) is 8.88. The Morgan fingerprint density at radius 2 is 2.21 bits per heavy atom. The van der Waals surface area contributed by atoms with Gasteiger partial charge in [-0.1, -0.05) is 6.07 Å². The first kappa shape index (κ1) is 21.4. The van der Waals surface area contributed by atoms with Crippen LogP contribution in [0.3, 0.4) is 0 Å². The van der Waals surface area contributed by atoms with Gasteiger partial charge in [0, 0.05) is 37.5 Å². The van der Waals surface area contributed by atoms with E-state index in [1.807, 2.05) is 37.5 Å². The summed E-state index contributed by atoms with van der Waals surface area (Å²) >= 11 is 0. The first-order valence-electron chi connectivity index (χ1n) is 8.88. The minimum Gasteiger partial charge on any atom is -0.497 e. The lowest BCUT2D eigenvalue weighted by molar-refractivity contribution is -0.131. The van der Waals surface area contributed by atoms with Crippen LogP contribution in [0.4, 0.5) is 0 Å². The van der Waals surface area contributed by atoms with Gasteiger partial charge in [-0.05, 0) is 25.6 Å². The minimum atomic E-state index is -0.573. The van der Waals surface area contributed by atoms with Gasteiger partial charge in [0.25, 0.3) is 6.47 Å². The van der Waals surface area contributed by atoms with Crippen LogP contribution in [-0.4, -0.2) is 70.6 Å². The van der Waals surface area contributed by atoms with Crippen molar-refractivity contribution < 1.29 is 24.5 Å². The van der Waals surface area contributed by atoms with Crippen LogP contribution in [0.25, 0.3) is 5.69 Å². The molecule has 3 N–H and O–H groups in total. The highest BCUT2D eigenvalue weighted by molar-refractivity contribution is 5.79. The van der Waals surface area contributed by atoms with Gasteiger partial charge in [0.15, 0.2) is 0 Å². The quantitative estimate of drug-likeness (QED) is 0.637. The van der Waals surface area contributed by atoms with Crippen molar-refractivity contribution in [2.45, 2.75) is 19.1 Å².